The average Bonchev–Trinajstić information content (AvgIpc) is 2.52. The van der Waals surface area contributed by atoms with E-state index in [0.29, 0.717) is 19.0 Å². The standard InChI is InChI=1S/C16H21FN2O3S/c1-3-8-18-23(21,22)15-10-13(6-7-14(15)17)16(20)19-9-4-5-12(2)11-19/h3,6-7,10,12,18H,1,4-5,8-9,11H2,2H3. The fourth-order valence-corrected chi connectivity index (χ4v) is 3.74. The minimum absolute atomic E-state index is 0.0103. The molecule has 1 saturated heterocycles. The van der Waals surface area contributed by atoms with E-state index in [2.05, 4.69) is 18.2 Å². The van der Waals surface area contributed by atoms with Gasteiger partial charge in [-0.2, -0.15) is 0 Å². The van der Waals surface area contributed by atoms with Gasteiger partial charge in [-0.25, -0.2) is 17.5 Å². The van der Waals surface area contributed by atoms with E-state index in [4.69, 9.17) is 0 Å². The van der Waals surface area contributed by atoms with E-state index in [1.165, 1.54) is 12.1 Å². The van der Waals surface area contributed by atoms with Crippen LogP contribution in [0, 0.1) is 11.7 Å². The van der Waals surface area contributed by atoms with Gasteiger partial charge < -0.3 is 4.90 Å². The van der Waals surface area contributed by atoms with Crippen LogP contribution in [0.1, 0.15) is 30.1 Å². The number of carbonyl (C=O) groups excluding carboxylic acids is 1. The number of carbonyl (C=O) groups is 1. The van der Waals surface area contributed by atoms with Gasteiger partial charge in [-0.05, 0) is 37.0 Å². The van der Waals surface area contributed by atoms with Gasteiger partial charge in [-0.15, -0.1) is 6.58 Å². The third-order valence-electron chi connectivity index (χ3n) is 3.83. The van der Waals surface area contributed by atoms with Gasteiger partial charge in [0.1, 0.15) is 10.7 Å². The summed E-state index contributed by atoms with van der Waals surface area (Å²) >= 11 is 0. The van der Waals surface area contributed by atoms with E-state index in [1.807, 2.05) is 0 Å². The third kappa shape index (κ3) is 4.17. The minimum atomic E-state index is -4.02. The molecule has 23 heavy (non-hydrogen) atoms. The van der Waals surface area contributed by atoms with Gasteiger partial charge in [-0.3, -0.25) is 4.79 Å². The number of halogens is 1. The Bertz CT molecular complexity index is 703. The summed E-state index contributed by atoms with van der Waals surface area (Å²) < 4.78 is 40.3. The number of benzene rings is 1. The first-order valence-corrected chi connectivity index (χ1v) is 9.03. The Hall–Kier alpha value is -1.73. The summed E-state index contributed by atoms with van der Waals surface area (Å²) in [5, 5.41) is 0. The molecule has 1 aliphatic rings. The normalized spacial score (nSPS) is 18.7. The highest BCUT2D eigenvalue weighted by Gasteiger charge is 2.25. The second kappa shape index (κ2) is 7.23. The maximum atomic E-state index is 13.9. The molecule has 1 N–H and O–H groups in total. The molecule has 1 aromatic rings. The fourth-order valence-electron chi connectivity index (χ4n) is 2.65. The van der Waals surface area contributed by atoms with E-state index >= 15 is 0 Å². The fraction of sp³-hybridized carbons (Fsp3) is 0.438. The Balaban J connectivity index is 2.29. The molecule has 0 aliphatic carbocycles. The Kier molecular flexibility index (Phi) is 5.54. The molecular weight excluding hydrogens is 319 g/mol. The van der Waals surface area contributed by atoms with E-state index in [9.17, 15) is 17.6 Å². The van der Waals surface area contributed by atoms with Crippen LogP contribution in [0.2, 0.25) is 0 Å². The smallest absolute Gasteiger partial charge is 0.253 e. The zero-order valence-electron chi connectivity index (χ0n) is 13.1. The van der Waals surface area contributed by atoms with E-state index in [0.717, 1.165) is 25.0 Å². The maximum Gasteiger partial charge on any atom is 0.253 e. The number of nitrogens with one attached hydrogen (secondary N) is 1. The maximum absolute atomic E-state index is 13.9. The molecule has 0 saturated carbocycles. The van der Waals surface area contributed by atoms with Gasteiger partial charge in [0.05, 0.1) is 0 Å². The summed E-state index contributed by atoms with van der Waals surface area (Å²) in [6.07, 6.45) is 3.35. The highest BCUT2D eigenvalue weighted by molar-refractivity contribution is 7.89. The first-order valence-electron chi connectivity index (χ1n) is 7.54. The van der Waals surface area contributed by atoms with E-state index in [-0.39, 0.29) is 18.0 Å². The predicted molar refractivity (Wildman–Crippen MR) is 86.1 cm³/mol. The SMILES string of the molecule is C=CCNS(=O)(=O)c1cc(C(=O)N2CCCC(C)C2)ccc1F. The zero-order valence-corrected chi connectivity index (χ0v) is 13.9. The monoisotopic (exact) mass is 340 g/mol. The number of hydrogen-bond acceptors (Lipinski definition) is 3. The van der Waals surface area contributed by atoms with Crippen LogP contribution in [0.3, 0.4) is 0 Å². The molecule has 1 amide bonds. The highest BCUT2D eigenvalue weighted by Crippen LogP contribution is 2.21. The number of nitrogens with zero attached hydrogens (tertiary/aromatic N) is 1. The molecular formula is C16H21FN2O3S. The Morgan fingerprint density at radius 3 is 2.91 bits per heavy atom. The highest BCUT2D eigenvalue weighted by atomic mass is 32.2. The average molecular weight is 340 g/mol. The molecule has 1 unspecified atom stereocenters. The topological polar surface area (TPSA) is 66.5 Å². The molecule has 0 radical (unpaired) electrons. The van der Waals surface area contributed by atoms with Crippen molar-refractivity contribution in [3.05, 3.63) is 42.2 Å². The van der Waals surface area contributed by atoms with Crippen molar-refractivity contribution >= 4 is 15.9 Å². The number of sulfonamides is 1. The number of piperidine rings is 1. The summed E-state index contributed by atoms with van der Waals surface area (Å²) in [5.41, 5.74) is 0.180. The molecule has 1 heterocycles. The molecule has 7 heteroatoms. The third-order valence-corrected chi connectivity index (χ3v) is 5.27. The number of hydrogen-bond donors (Lipinski definition) is 1. The molecule has 5 nitrogen and oxygen atoms in total. The van der Waals surface area contributed by atoms with Crippen LogP contribution in [-0.4, -0.2) is 38.9 Å². The summed E-state index contributed by atoms with van der Waals surface area (Å²) in [6.45, 7) is 6.74. The quantitative estimate of drug-likeness (QED) is 0.836. The molecule has 0 bridgehead atoms. The van der Waals surface area contributed by atoms with Crippen LogP contribution in [0.4, 0.5) is 4.39 Å². The van der Waals surface area contributed by atoms with Crippen LogP contribution < -0.4 is 4.72 Å². The Labute approximate surface area is 136 Å². The predicted octanol–water partition coefficient (Wildman–Crippen LogP) is 2.16. The molecule has 1 aromatic carbocycles. The van der Waals surface area contributed by atoms with Crippen molar-refractivity contribution in [3.63, 3.8) is 0 Å². The minimum Gasteiger partial charge on any atom is -0.338 e. The van der Waals surface area contributed by atoms with Crippen LogP contribution >= 0.6 is 0 Å². The second-order valence-electron chi connectivity index (χ2n) is 5.78. The van der Waals surface area contributed by atoms with Gasteiger partial charge in [0, 0.05) is 25.2 Å². The summed E-state index contributed by atoms with van der Waals surface area (Å²) in [5.74, 6) is -0.743. The number of likely N-dealkylation sites (tertiary alicyclic amines) is 1. The summed E-state index contributed by atoms with van der Waals surface area (Å²) in [4.78, 5) is 13.7. The van der Waals surface area contributed by atoms with Gasteiger partial charge in [0.2, 0.25) is 10.0 Å². The van der Waals surface area contributed by atoms with Gasteiger partial charge in [-0.1, -0.05) is 13.0 Å². The van der Waals surface area contributed by atoms with Gasteiger partial charge >= 0.3 is 0 Å². The zero-order chi connectivity index (χ0) is 17.0. The van der Waals surface area contributed by atoms with Crippen molar-refractivity contribution in [1.82, 2.24) is 9.62 Å². The second-order valence-corrected chi connectivity index (χ2v) is 7.52. The van der Waals surface area contributed by atoms with Crippen molar-refractivity contribution in [2.24, 2.45) is 5.92 Å². The first kappa shape index (κ1) is 17.6. The van der Waals surface area contributed by atoms with Crippen LogP contribution in [0.25, 0.3) is 0 Å². The Morgan fingerprint density at radius 2 is 2.26 bits per heavy atom. The molecule has 1 fully saturated rings. The van der Waals surface area contributed by atoms with Gasteiger partial charge in [0.15, 0.2) is 0 Å². The number of amides is 1. The molecule has 2 rings (SSSR count). The summed E-state index contributed by atoms with van der Waals surface area (Å²) in [6, 6.07) is 3.44. The van der Waals surface area contributed by atoms with Crippen molar-refractivity contribution in [3.8, 4) is 0 Å². The lowest BCUT2D eigenvalue weighted by molar-refractivity contribution is 0.0682. The van der Waals surface area contributed by atoms with E-state index in [1.54, 1.807) is 4.90 Å². The van der Waals surface area contributed by atoms with Crippen LogP contribution in [0.15, 0.2) is 35.7 Å². The van der Waals surface area contributed by atoms with Crippen molar-refractivity contribution < 1.29 is 17.6 Å². The summed E-state index contributed by atoms with van der Waals surface area (Å²) in [7, 11) is -4.02. The lowest BCUT2D eigenvalue weighted by atomic mass is 9.99. The van der Waals surface area contributed by atoms with Crippen molar-refractivity contribution in [2.45, 2.75) is 24.7 Å². The first-order chi connectivity index (χ1) is 10.8. The lowest BCUT2D eigenvalue weighted by Crippen LogP contribution is -2.39. The lowest BCUT2D eigenvalue weighted by Gasteiger charge is -2.31. The van der Waals surface area contributed by atoms with E-state index < -0.39 is 20.7 Å². The number of rotatable bonds is 5. The van der Waals surface area contributed by atoms with Crippen LogP contribution in [0.5, 0.6) is 0 Å². The molecule has 126 valence electrons. The largest absolute Gasteiger partial charge is 0.338 e. The molecule has 1 atom stereocenters. The molecule has 0 spiro atoms. The molecule has 0 aromatic heterocycles. The van der Waals surface area contributed by atoms with Crippen LogP contribution in [-0.2, 0) is 10.0 Å². The van der Waals surface area contributed by atoms with Crippen molar-refractivity contribution in [1.29, 1.82) is 0 Å². The van der Waals surface area contributed by atoms with Crippen molar-refractivity contribution in [2.75, 3.05) is 19.6 Å². The Morgan fingerprint density at radius 1 is 1.52 bits per heavy atom. The van der Waals surface area contributed by atoms with Gasteiger partial charge in [0.25, 0.3) is 5.91 Å². The molecule has 1 aliphatic heterocycles.